The van der Waals surface area contributed by atoms with Crippen LogP contribution in [0.4, 0.5) is 0 Å². The van der Waals surface area contributed by atoms with E-state index in [1.807, 2.05) is 6.08 Å². The normalized spacial score (nSPS) is 33.9. The standard InChI is InChI=1S/C16H22N2OS/c1-20(2)18-14-9-8-13(17)10-16(14)19-11-15(18)12-6-4-3-5-7-12/h3-6,9-10,12-13,15H,1,7-8,11,17H2,2H3. The third kappa shape index (κ3) is 2.50. The van der Waals surface area contributed by atoms with Gasteiger partial charge >= 0.3 is 0 Å². The molecule has 108 valence electrons. The summed E-state index contributed by atoms with van der Waals surface area (Å²) in [5.74, 6) is 5.71. The minimum atomic E-state index is -0.0679. The van der Waals surface area contributed by atoms with Crippen molar-refractivity contribution in [3.63, 3.8) is 0 Å². The first-order valence-electron chi connectivity index (χ1n) is 7.06. The van der Waals surface area contributed by atoms with Gasteiger partial charge in [0.25, 0.3) is 0 Å². The third-order valence-corrected chi connectivity index (χ3v) is 5.13. The van der Waals surface area contributed by atoms with Gasteiger partial charge in [0.2, 0.25) is 0 Å². The van der Waals surface area contributed by atoms with Gasteiger partial charge in [0, 0.05) is 12.0 Å². The zero-order valence-corrected chi connectivity index (χ0v) is 12.7. The molecule has 4 atom stereocenters. The van der Waals surface area contributed by atoms with Crippen molar-refractivity contribution in [2.24, 2.45) is 11.7 Å². The number of hydrogen-bond donors (Lipinski definition) is 1. The molecule has 0 spiro atoms. The van der Waals surface area contributed by atoms with Crippen molar-refractivity contribution in [2.45, 2.75) is 24.9 Å². The second-order valence-electron chi connectivity index (χ2n) is 5.54. The third-order valence-electron chi connectivity index (χ3n) is 3.99. The van der Waals surface area contributed by atoms with Gasteiger partial charge in [-0.25, -0.2) is 0 Å². The Labute approximate surface area is 123 Å². The number of hydrogen-bond acceptors (Lipinski definition) is 3. The van der Waals surface area contributed by atoms with E-state index in [9.17, 15) is 0 Å². The summed E-state index contributed by atoms with van der Waals surface area (Å²) in [5, 5.41) is 0. The highest BCUT2D eigenvalue weighted by atomic mass is 32.2. The van der Waals surface area contributed by atoms with Crippen molar-refractivity contribution in [1.82, 2.24) is 4.31 Å². The van der Waals surface area contributed by atoms with E-state index in [4.69, 9.17) is 10.5 Å². The molecule has 0 aromatic rings. The van der Waals surface area contributed by atoms with Gasteiger partial charge in [-0.3, -0.25) is 0 Å². The summed E-state index contributed by atoms with van der Waals surface area (Å²) in [5.41, 5.74) is 7.17. The highest BCUT2D eigenvalue weighted by molar-refractivity contribution is 8.11. The van der Waals surface area contributed by atoms with Gasteiger partial charge < -0.3 is 14.8 Å². The summed E-state index contributed by atoms with van der Waals surface area (Å²) in [6.45, 7) is 0.714. The van der Waals surface area contributed by atoms with Gasteiger partial charge in [0.15, 0.2) is 0 Å². The van der Waals surface area contributed by atoms with Crippen molar-refractivity contribution in [2.75, 3.05) is 12.9 Å². The molecule has 0 saturated carbocycles. The molecule has 1 aliphatic heterocycles. The lowest BCUT2D eigenvalue weighted by molar-refractivity contribution is 0.0976. The number of nitrogens with zero attached hydrogens (tertiary/aromatic N) is 1. The predicted octanol–water partition coefficient (Wildman–Crippen LogP) is 2.56. The Hall–Kier alpha value is -1.26. The van der Waals surface area contributed by atoms with E-state index in [0.717, 1.165) is 18.6 Å². The molecule has 1 fully saturated rings. The molecule has 3 rings (SSSR count). The number of ether oxygens (including phenoxy) is 1. The van der Waals surface area contributed by atoms with Gasteiger partial charge in [-0.2, -0.15) is 0 Å². The lowest BCUT2D eigenvalue weighted by Crippen LogP contribution is -2.45. The van der Waals surface area contributed by atoms with Crippen LogP contribution >= 0.6 is 10.7 Å². The predicted molar refractivity (Wildman–Crippen MR) is 87.4 cm³/mol. The van der Waals surface area contributed by atoms with E-state index in [2.05, 4.69) is 46.8 Å². The van der Waals surface area contributed by atoms with Crippen molar-refractivity contribution in [1.29, 1.82) is 0 Å². The first-order valence-corrected chi connectivity index (χ1v) is 8.82. The van der Waals surface area contributed by atoms with E-state index in [1.54, 1.807) is 0 Å². The summed E-state index contributed by atoms with van der Waals surface area (Å²) < 4.78 is 8.43. The molecular formula is C16H22N2OS. The van der Waals surface area contributed by atoms with Crippen LogP contribution in [0.1, 0.15) is 12.8 Å². The van der Waals surface area contributed by atoms with Crippen LogP contribution in [0.2, 0.25) is 0 Å². The minimum Gasteiger partial charge on any atom is -0.489 e. The summed E-state index contributed by atoms with van der Waals surface area (Å²) in [6.07, 6.45) is 17.2. The fourth-order valence-corrected chi connectivity index (χ4v) is 4.20. The Balaban J connectivity index is 1.90. The molecule has 0 aromatic carbocycles. The van der Waals surface area contributed by atoms with E-state index >= 15 is 0 Å². The smallest absolute Gasteiger partial charge is 0.140 e. The number of allylic oxidation sites excluding steroid dienone is 3. The second kappa shape index (κ2) is 5.62. The second-order valence-corrected chi connectivity index (χ2v) is 7.13. The molecule has 20 heavy (non-hydrogen) atoms. The number of morpholine rings is 1. The summed E-state index contributed by atoms with van der Waals surface area (Å²) in [7, 11) is -0.0679. The van der Waals surface area contributed by atoms with Crippen LogP contribution < -0.4 is 5.73 Å². The van der Waals surface area contributed by atoms with Crippen LogP contribution in [-0.2, 0) is 4.74 Å². The van der Waals surface area contributed by atoms with E-state index in [1.165, 1.54) is 5.70 Å². The van der Waals surface area contributed by atoms with Crippen molar-refractivity contribution in [3.8, 4) is 0 Å². The SMILES string of the molecule is C=S(C)N1C2=CCC(N)C=C2OCC1C1C=CC=CC1. The van der Waals surface area contributed by atoms with E-state index in [-0.39, 0.29) is 16.7 Å². The molecule has 1 saturated heterocycles. The molecule has 0 radical (unpaired) electrons. The minimum absolute atomic E-state index is 0.0679. The zero-order chi connectivity index (χ0) is 14.1. The van der Waals surface area contributed by atoms with Crippen LogP contribution in [0.3, 0.4) is 0 Å². The van der Waals surface area contributed by atoms with Crippen molar-refractivity contribution in [3.05, 3.63) is 47.9 Å². The van der Waals surface area contributed by atoms with Crippen molar-refractivity contribution < 1.29 is 4.74 Å². The van der Waals surface area contributed by atoms with Crippen LogP contribution in [-0.4, -0.2) is 35.1 Å². The van der Waals surface area contributed by atoms with Gasteiger partial charge in [0.1, 0.15) is 12.4 Å². The van der Waals surface area contributed by atoms with E-state index < -0.39 is 0 Å². The van der Waals surface area contributed by atoms with Crippen LogP contribution in [0.15, 0.2) is 47.9 Å². The monoisotopic (exact) mass is 290 g/mol. The van der Waals surface area contributed by atoms with E-state index in [0.29, 0.717) is 18.6 Å². The summed E-state index contributed by atoms with van der Waals surface area (Å²) in [4.78, 5) is 0. The van der Waals surface area contributed by atoms with Gasteiger partial charge in [-0.1, -0.05) is 36.3 Å². The summed E-state index contributed by atoms with van der Waals surface area (Å²) >= 11 is 0. The molecule has 3 aliphatic rings. The van der Waals surface area contributed by atoms with Gasteiger partial charge in [-0.15, -0.1) is 10.7 Å². The largest absolute Gasteiger partial charge is 0.489 e. The molecule has 0 amide bonds. The van der Waals surface area contributed by atoms with Gasteiger partial charge in [-0.05, 0) is 25.2 Å². The Kier molecular flexibility index (Phi) is 3.85. The molecule has 2 N–H and O–H groups in total. The Morgan fingerprint density at radius 2 is 2.25 bits per heavy atom. The molecule has 1 heterocycles. The lowest BCUT2D eigenvalue weighted by atomic mass is 9.91. The highest BCUT2D eigenvalue weighted by Gasteiger charge is 2.35. The average Bonchev–Trinajstić information content (AvgIpc) is 2.46. The molecule has 3 nitrogen and oxygen atoms in total. The average molecular weight is 290 g/mol. The zero-order valence-electron chi connectivity index (χ0n) is 11.9. The lowest BCUT2D eigenvalue weighted by Gasteiger charge is -2.44. The Morgan fingerprint density at radius 1 is 1.40 bits per heavy atom. The van der Waals surface area contributed by atoms with Gasteiger partial charge in [0.05, 0.1) is 11.7 Å². The molecule has 4 unspecified atom stereocenters. The Bertz CT molecular complexity index is 533. The Morgan fingerprint density at radius 3 is 2.95 bits per heavy atom. The number of nitrogens with two attached hydrogens (primary N) is 1. The summed E-state index contributed by atoms with van der Waals surface area (Å²) in [6, 6.07) is 0.438. The number of fused-ring (bicyclic) bond motifs is 1. The van der Waals surface area contributed by atoms with Crippen LogP contribution in [0, 0.1) is 5.92 Å². The topological polar surface area (TPSA) is 38.5 Å². The molecule has 4 heteroatoms. The quantitative estimate of drug-likeness (QED) is 0.794. The van der Waals surface area contributed by atoms with Crippen LogP contribution in [0.25, 0.3) is 0 Å². The molecule has 0 aromatic heterocycles. The first kappa shape index (κ1) is 13.7. The molecule has 2 aliphatic carbocycles. The number of rotatable bonds is 2. The first-order chi connectivity index (χ1) is 9.66. The highest BCUT2D eigenvalue weighted by Crippen LogP contribution is 2.39. The molecule has 0 bridgehead atoms. The maximum absolute atomic E-state index is 5.99. The fraction of sp³-hybridized carbons (Fsp3) is 0.438. The maximum Gasteiger partial charge on any atom is 0.140 e. The maximum atomic E-state index is 5.99. The van der Waals surface area contributed by atoms with Crippen LogP contribution in [0.5, 0.6) is 0 Å². The van der Waals surface area contributed by atoms with Crippen molar-refractivity contribution >= 4 is 16.5 Å². The fourth-order valence-electron chi connectivity index (χ4n) is 3.02. The molecular weight excluding hydrogens is 268 g/mol.